The van der Waals surface area contributed by atoms with Crippen molar-refractivity contribution in [1.82, 2.24) is 15.3 Å². The van der Waals surface area contributed by atoms with Gasteiger partial charge in [0.05, 0.1) is 6.54 Å². The van der Waals surface area contributed by atoms with Gasteiger partial charge in [0.15, 0.2) is 5.13 Å². The topological polar surface area (TPSA) is 84.4 Å². The Kier molecular flexibility index (Phi) is 3.30. The monoisotopic (exact) mass is 290 g/mol. The Hall–Kier alpha value is -2.48. The van der Waals surface area contributed by atoms with Gasteiger partial charge in [-0.05, 0) is 12.1 Å². The predicted molar refractivity (Wildman–Crippen MR) is 71.4 cm³/mol. The van der Waals surface area contributed by atoms with Crippen LogP contribution in [0, 0.1) is 0 Å². The quantitative estimate of drug-likeness (QED) is 0.860. The molecular weight excluding hydrogens is 280 g/mol. The number of anilines is 1. The van der Waals surface area contributed by atoms with E-state index in [0.717, 1.165) is 0 Å². The van der Waals surface area contributed by atoms with Crippen molar-refractivity contribution < 1.29 is 14.3 Å². The van der Waals surface area contributed by atoms with Gasteiger partial charge in [-0.2, -0.15) is 0 Å². The molecule has 1 saturated heterocycles. The largest absolute Gasteiger partial charge is 0.434 e. The van der Waals surface area contributed by atoms with Gasteiger partial charge in [0.1, 0.15) is 5.69 Å². The summed E-state index contributed by atoms with van der Waals surface area (Å²) in [5, 5.41) is 4.85. The summed E-state index contributed by atoms with van der Waals surface area (Å²) in [5.41, 5.74) is 0.200. The van der Waals surface area contributed by atoms with Crippen LogP contribution < -0.4 is 10.2 Å². The Labute approximate surface area is 118 Å². The van der Waals surface area contributed by atoms with Gasteiger partial charge in [-0.3, -0.25) is 0 Å². The van der Waals surface area contributed by atoms with E-state index in [-0.39, 0.29) is 18.3 Å². The number of rotatable bonds is 3. The van der Waals surface area contributed by atoms with Crippen molar-refractivity contribution in [2.45, 2.75) is 6.23 Å². The Morgan fingerprint density at radius 1 is 1.40 bits per heavy atom. The minimum Gasteiger partial charge on any atom is -0.434 e. The number of carbonyl (C=O) groups excluding carboxylic acids is 2. The fraction of sp³-hybridized carbons (Fsp3) is 0.167. The van der Waals surface area contributed by atoms with Gasteiger partial charge in [0.2, 0.25) is 6.23 Å². The first-order valence-electron chi connectivity index (χ1n) is 5.84. The number of thiazole rings is 1. The number of pyridine rings is 1. The maximum atomic E-state index is 12.0. The summed E-state index contributed by atoms with van der Waals surface area (Å²) < 4.78 is 5.31. The third kappa shape index (κ3) is 2.32. The predicted octanol–water partition coefficient (Wildman–Crippen LogP) is 1.25. The third-order valence-electron chi connectivity index (χ3n) is 2.68. The molecule has 0 saturated carbocycles. The maximum Gasteiger partial charge on any atom is 0.358 e. The van der Waals surface area contributed by atoms with E-state index in [1.165, 1.54) is 22.4 Å². The van der Waals surface area contributed by atoms with Gasteiger partial charge in [0, 0.05) is 17.8 Å². The highest BCUT2D eigenvalue weighted by Gasteiger charge is 2.36. The van der Waals surface area contributed by atoms with Gasteiger partial charge in [-0.25, -0.2) is 24.5 Å². The second kappa shape index (κ2) is 5.25. The number of amides is 2. The Balaban J connectivity index is 1.77. The number of ether oxygens (including phenoxy) is 1. The van der Waals surface area contributed by atoms with Crippen LogP contribution >= 0.6 is 11.3 Å². The summed E-state index contributed by atoms with van der Waals surface area (Å²) in [7, 11) is 0. The second-order valence-corrected chi connectivity index (χ2v) is 4.82. The first kappa shape index (κ1) is 12.5. The highest BCUT2D eigenvalue weighted by Crippen LogP contribution is 2.23. The van der Waals surface area contributed by atoms with E-state index in [9.17, 15) is 9.59 Å². The summed E-state index contributed by atoms with van der Waals surface area (Å²) in [5.74, 6) is -0.575. The Morgan fingerprint density at radius 2 is 2.30 bits per heavy atom. The van der Waals surface area contributed by atoms with Crippen molar-refractivity contribution in [2.24, 2.45) is 0 Å². The molecule has 3 rings (SSSR count). The van der Waals surface area contributed by atoms with Crippen LogP contribution in [0.3, 0.4) is 0 Å². The van der Waals surface area contributed by atoms with E-state index in [0.29, 0.717) is 5.13 Å². The van der Waals surface area contributed by atoms with E-state index < -0.39 is 12.2 Å². The lowest BCUT2D eigenvalue weighted by molar-refractivity contribution is 0.0346. The van der Waals surface area contributed by atoms with Crippen LogP contribution in [0.4, 0.5) is 9.93 Å². The van der Waals surface area contributed by atoms with Crippen molar-refractivity contribution in [2.75, 3.05) is 11.4 Å². The average Bonchev–Trinajstić information content (AvgIpc) is 3.10. The number of nitrogens with zero attached hydrogens (tertiary/aromatic N) is 3. The first-order valence-corrected chi connectivity index (χ1v) is 6.72. The molecule has 2 aromatic heterocycles. The molecule has 0 aromatic carbocycles. The first-order chi connectivity index (χ1) is 9.75. The fourth-order valence-corrected chi connectivity index (χ4v) is 2.47. The van der Waals surface area contributed by atoms with E-state index in [4.69, 9.17) is 4.74 Å². The van der Waals surface area contributed by atoms with Crippen molar-refractivity contribution >= 4 is 28.5 Å². The molecule has 1 aliphatic rings. The molecule has 0 spiro atoms. The highest BCUT2D eigenvalue weighted by atomic mass is 32.1. The van der Waals surface area contributed by atoms with Crippen LogP contribution in [0.15, 0.2) is 36.0 Å². The Morgan fingerprint density at radius 3 is 3.00 bits per heavy atom. The average molecular weight is 290 g/mol. The third-order valence-corrected chi connectivity index (χ3v) is 3.45. The number of hydrogen-bond donors (Lipinski definition) is 1. The molecule has 0 aliphatic carbocycles. The molecule has 1 aliphatic heterocycles. The van der Waals surface area contributed by atoms with Gasteiger partial charge < -0.3 is 10.1 Å². The minimum absolute atomic E-state index is 0.200. The summed E-state index contributed by atoms with van der Waals surface area (Å²) in [4.78, 5) is 33.0. The smallest absolute Gasteiger partial charge is 0.358 e. The number of esters is 1. The molecule has 2 aromatic rings. The van der Waals surface area contributed by atoms with Gasteiger partial charge in [0.25, 0.3) is 0 Å². The molecule has 8 heteroatoms. The number of aromatic nitrogens is 2. The fourth-order valence-electron chi connectivity index (χ4n) is 1.79. The van der Waals surface area contributed by atoms with Crippen LogP contribution in [0.1, 0.15) is 10.5 Å². The van der Waals surface area contributed by atoms with E-state index >= 15 is 0 Å². The molecule has 1 unspecified atom stereocenters. The van der Waals surface area contributed by atoms with E-state index in [1.807, 2.05) is 0 Å². The van der Waals surface area contributed by atoms with Crippen molar-refractivity contribution in [1.29, 1.82) is 0 Å². The lowest BCUT2D eigenvalue weighted by Gasteiger charge is -2.19. The molecule has 1 fully saturated rings. The van der Waals surface area contributed by atoms with Crippen molar-refractivity contribution in [3.8, 4) is 0 Å². The highest BCUT2D eigenvalue weighted by molar-refractivity contribution is 7.13. The molecule has 102 valence electrons. The summed E-state index contributed by atoms with van der Waals surface area (Å²) in [6, 6.07) is 4.62. The molecule has 1 atom stereocenters. The number of urea groups is 1. The Bertz CT molecular complexity index is 617. The standard InChI is InChI=1S/C12H10N4O3S/c17-10(8-3-1-2-4-13-8)19-9-7-15-11(18)16(9)12-14-5-6-20-12/h1-6,9H,7H2,(H,15,18). The molecule has 1 N–H and O–H groups in total. The number of nitrogens with one attached hydrogen (secondary N) is 1. The zero-order valence-electron chi connectivity index (χ0n) is 10.2. The van der Waals surface area contributed by atoms with Crippen LogP contribution in [-0.2, 0) is 4.74 Å². The summed E-state index contributed by atoms with van der Waals surface area (Å²) >= 11 is 1.30. The van der Waals surface area contributed by atoms with E-state index in [1.54, 1.807) is 29.8 Å². The number of hydrogen-bond acceptors (Lipinski definition) is 6. The zero-order chi connectivity index (χ0) is 13.9. The molecule has 3 heterocycles. The summed E-state index contributed by atoms with van der Waals surface area (Å²) in [6.07, 6.45) is 2.37. The lowest BCUT2D eigenvalue weighted by Crippen LogP contribution is -2.37. The normalized spacial score (nSPS) is 17.9. The molecular formula is C12H10N4O3S. The second-order valence-electron chi connectivity index (χ2n) is 3.95. The zero-order valence-corrected chi connectivity index (χ0v) is 11.0. The van der Waals surface area contributed by atoms with Crippen LogP contribution in [-0.4, -0.2) is 34.7 Å². The molecule has 2 amide bonds. The van der Waals surface area contributed by atoms with Gasteiger partial charge >= 0.3 is 12.0 Å². The van der Waals surface area contributed by atoms with Gasteiger partial charge in [-0.15, -0.1) is 11.3 Å². The van der Waals surface area contributed by atoms with Gasteiger partial charge in [-0.1, -0.05) is 6.07 Å². The van der Waals surface area contributed by atoms with E-state index in [2.05, 4.69) is 15.3 Å². The lowest BCUT2D eigenvalue weighted by atomic mass is 10.3. The minimum atomic E-state index is -0.719. The van der Waals surface area contributed by atoms with Crippen LogP contribution in [0.2, 0.25) is 0 Å². The molecule has 7 nitrogen and oxygen atoms in total. The summed E-state index contributed by atoms with van der Waals surface area (Å²) in [6.45, 7) is 0.219. The number of carbonyl (C=O) groups is 2. The van der Waals surface area contributed by atoms with Crippen molar-refractivity contribution in [3.63, 3.8) is 0 Å². The van der Waals surface area contributed by atoms with Crippen molar-refractivity contribution in [3.05, 3.63) is 41.7 Å². The van der Waals surface area contributed by atoms with Crippen LogP contribution in [0.5, 0.6) is 0 Å². The molecule has 0 radical (unpaired) electrons. The molecule has 20 heavy (non-hydrogen) atoms. The SMILES string of the molecule is O=C(OC1CNC(=O)N1c1nccs1)c1ccccn1. The molecule has 0 bridgehead atoms. The maximum absolute atomic E-state index is 12.0. The van der Waals surface area contributed by atoms with Crippen LogP contribution in [0.25, 0.3) is 0 Å².